The van der Waals surface area contributed by atoms with Crippen molar-refractivity contribution in [2.75, 3.05) is 11.9 Å². The van der Waals surface area contributed by atoms with Gasteiger partial charge in [0.05, 0.1) is 0 Å². The Morgan fingerprint density at radius 2 is 2.30 bits per heavy atom. The molecule has 1 fully saturated rings. The van der Waals surface area contributed by atoms with Crippen molar-refractivity contribution >= 4 is 17.4 Å². The lowest BCUT2D eigenvalue weighted by atomic mass is 9.67. The van der Waals surface area contributed by atoms with Crippen LogP contribution in [0.4, 0.5) is 5.82 Å². The van der Waals surface area contributed by atoms with Gasteiger partial charge in [-0.05, 0) is 36.8 Å². The Balaban J connectivity index is 1.90. The molecule has 2 aromatic rings. The summed E-state index contributed by atoms with van der Waals surface area (Å²) in [5.41, 5.74) is 1.20. The van der Waals surface area contributed by atoms with E-state index in [1.165, 1.54) is 19.3 Å². The van der Waals surface area contributed by atoms with Crippen LogP contribution in [0.3, 0.4) is 0 Å². The third kappa shape index (κ3) is 2.03. The van der Waals surface area contributed by atoms with Gasteiger partial charge in [-0.2, -0.15) is 0 Å². The fourth-order valence-electron chi connectivity index (χ4n) is 2.93. The molecule has 0 aromatic carbocycles. The van der Waals surface area contributed by atoms with Crippen LogP contribution in [0, 0.1) is 5.41 Å². The third-order valence-corrected chi connectivity index (χ3v) is 4.53. The largest absolute Gasteiger partial charge is 0.476 e. The maximum atomic E-state index is 11.5. The Labute approximate surface area is 117 Å². The molecule has 106 valence electrons. The predicted octanol–water partition coefficient (Wildman–Crippen LogP) is 3.02. The highest BCUT2D eigenvalue weighted by Gasteiger charge is 2.35. The van der Waals surface area contributed by atoms with Gasteiger partial charge in [0.1, 0.15) is 5.65 Å². The van der Waals surface area contributed by atoms with Gasteiger partial charge in [0, 0.05) is 12.7 Å². The molecule has 2 heterocycles. The van der Waals surface area contributed by atoms with Crippen molar-refractivity contribution in [3.8, 4) is 0 Å². The average Bonchev–Trinajstić information content (AvgIpc) is 2.76. The Morgan fingerprint density at radius 1 is 1.50 bits per heavy atom. The summed E-state index contributed by atoms with van der Waals surface area (Å²) >= 11 is 0. The molecule has 0 spiro atoms. The number of fused-ring (bicyclic) bond motifs is 1. The number of carbonyl (C=O) groups is 1. The zero-order valence-corrected chi connectivity index (χ0v) is 11.6. The van der Waals surface area contributed by atoms with Gasteiger partial charge in [-0.15, -0.1) is 0 Å². The Kier molecular flexibility index (Phi) is 3.12. The molecule has 5 heteroatoms. The highest BCUT2D eigenvalue weighted by atomic mass is 16.4. The summed E-state index contributed by atoms with van der Waals surface area (Å²) in [7, 11) is 0. The molecule has 0 bridgehead atoms. The van der Waals surface area contributed by atoms with E-state index >= 15 is 0 Å². The topological polar surface area (TPSA) is 66.6 Å². The number of pyridine rings is 1. The Bertz CT molecular complexity index is 638. The predicted molar refractivity (Wildman–Crippen MR) is 77.2 cm³/mol. The number of anilines is 1. The van der Waals surface area contributed by atoms with Crippen LogP contribution < -0.4 is 5.32 Å². The van der Waals surface area contributed by atoms with Gasteiger partial charge in [0.25, 0.3) is 0 Å². The maximum Gasteiger partial charge on any atom is 0.356 e. The van der Waals surface area contributed by atoms with E-state index in [-0.39, 0.29) is 5.69 Å². The summed E-state index contributed by atoms with van der Waals surface area (Å²) < 4.78 is 1.62. The van der Waals surface area contributed by atoms with Crippen LogP contribution in [0.15, 0.2) is 24.4 Å². The molecule has 0 unspecified atom stereocenters. The first-order chi connectivity index (χ1) is 9.65. The molecule has 0 saturated heterocycles. The van der Waals surface area contributed by atoms with Crippen molar-refractivity contribution in [3.63, 3.8) is 0 Å². The first kappa shape index (κ1) is 13.0. The number of imidazole rings is 1. The first-order valence-electron chi connectivity index (χ1n) is 7.09. The van der Waals surface area contributed by atoms with Crippen LogP contribution in [0.5, 0.6) is 0 Å². The minimum Gasteiger partial charge on any atom is -0.476 e. The fraction of sp³-hybridized carbons (Fsp3) is 0.467. The lowest BCUT2D eigenvalue weighted by Crippen LogP contribution is -2.36. The smallest absolute Gasteiger partial charge is 0.356 e. The van der Waals surface area contributed by atoms with E-state index in [4.69, 9.17) is 0 Å². The van der Waals surface area contributed by atoms with E-state index in [2.05, 4.69) is 17.2 Å². The summed E-state index contributed by atoms with van der Waals surface area (Å²) in [5, 5.41) is 12.7. The zero-order valence-electron chi connectivity index (χ0n) is 11.6. The number of carboxylic acids is 1. The molecule has 1 saturated carbocycles. The van der Waals surface area contributed by atoms with Crippen LogP contribution in [0.2, 0.25) is 0 Å². The van der Waals surface area contributed by atoms with Gasteiger partial charge in [-0.1, -0.05) is 19.4 Å². The first-order valence-corrected chi connectivity index (χ1v) is 7.09. The van der Waals surface area contributed by atoms with Crippen molar-refractivity contribution < 1.29 is 9.90 Å². The lowest BCUT2D eigenvalue weighted by Gasteiger charge is -2.41. The molecule has 2 N–H and O–H groups in total. The van der Waals surface area contributed by atoms with Crippen molar-refractivity contribution in [1.29, 1.82) is 0 Å². The van der Waals surface area contributed by atoms with Crippen molar-refractivity contribution in [1.82, 2.24) is 9.38 Å². The summed E-state index contributed by atoms with van der Waals surface area (Å²) in [6, 6.07) is 5.48. The number of rotatable bonds is 5. The van der Waals surface area contributed by atoms with E-state index in [1.807, 2.05) is 18.2 Å². The summed E-state index contributed by atoms with van der Waals surface area (Å²) in [4.78, 5) is 15.9. The number of hydrogen-bond donors (Lipinski definition) is 2. The minimum atomic E-state index is -0.953. The number of carboxylic acid groups (broad SMARTS) is 1. The molecule has 0 aliphatic heterocycles. The molecule has 3 rings (SSSR count). The molecule has 1 aliphatic carbocycles. The second kappa shape index (κ2) is 4.81. The second-order valence-corrected chi connectivity index (χ2v) is 5.60. The third-order valence-electron chi connectivity index (χ3n) is 4.53. The molecule has 0 radical (unpaired) electrons. The molecule has 20 heavy (non-hydrogen) atoms. The van der Waals surface area contributed by atoms with Crippen LogP contribution in [0.25, 0.3) is 5.65 Å². The Hall–Kier alpha value is -2.04. The number of aromatic carboxylic acids is 1. The molecular formula is C15H19N3O2. The number of hydrogen-bond acceptors (Lipinski definition) is 3. The van der Waals surface area contributed by atoms with Crippen molar-refractivity contribution in [3.05, 3.63) is 30.1 Å². The van der Waals surface area contributed by atoms with Gasteiger partial charge >= 0.3 is 5.97 Å². The average molecular weight is 273 g/mol. The highest BCUT2D eigenvalue weighted by molar-refractivity contribution is 5.92. The van der Waals surface area contributed by atoms with Crippen molar-refractivity contribution in [2.45, 2.75) is 32.6 Å². The quantitative estimate of drug-likeness (QED) is 0.878. The number of nitrogens with zero attached hydrogens (tertiary/aromatic N) is 2. The summed E-state index contributed by atoms with van der Waals surface area (Å²) in [5.74, 6) is -0.478. The van der Waals surface area contributed by atoms with Gasteiger partial charge in [0.2, 0.25) is 0 Å². The standard InChI is InChI=1S/C15H19N3O2/c1-2-15(7-5-8-15)10-16-13-12(14(19)20)18-9-4-3-6-11(18)17-13/h3-4,6,9,16H,2,5,7-8,10H2,1H3,(H,19,20). The number of aromatic nitrogens is 2. The summed E-state index contributed by atoms with van der Waals surface area (Å²) in [6.45, 7) is 3.00. The zero-order chi connectivity index (χ0) is 14.2. The SMILES string of the molecule is CCC1(CNc2nc3ccccn3c2C(=O)O)CCC1. The summed E-state index contributed by atoms with van der Waals surface area (Å²) in [6.07, 6.45) is 6.55. The van der Waals surface area contributed by atoms with Crippen LogP contribution in [-0.2, 0) is 0 Å². The van der Waals surface area contributed by atoms with Gasteiger partial charge in [0.15, 0.2) is 11.5 Å². The minimum absolute atomic E-state index is 0.214. The van der Waals surface area contributed by atoms with Gasteiger partial charge in [-0.3, -0.25) is 4.40 Å². The van der Waals surface area contributed by atoms with Gasteiger partial charge in [-0.25, -0.2) is 9.78 Å². The number of nitrogens with one attached hydrogen (secondary N) is 1. The second-order valence-electron chi connectivity index (χ2n) is 5.60. The maximum absolute atomic E-state index is 11.5. The van der Waals surface area contributed by atoms with E-state index in [1.54, 1.807) is 10.6 Å². The van der Waals surface area contributed by atoms with E-state index in [0.29, 0.717) is 16.9 Å². The van der Waals surface area contributed by atoms with Crippen LogP contribution >= 0.6 is 0 Å². The van der Waals surface area contributed by atoms with Gasteiger partial charge < -0.3 is 10.4 Å². The van der Waals surface area contributed by atoms with E-state index < -0.39 is 5.97 Å². The molecular weight excluding hydrogens is 254 g/mol. The molecule has 0 atom stereocenters. The van der Waals surface area contributed by atoms with Crippen LogP contribution in [0.1, 0.15) is 43.1 Å². The fourth-order valence-corrected chi connectivity index (χ4v) is 2.93. The van der Waals surface area contributed by atoms with E-state index in [0.717, 1.165) is 13.0 Å². The molecule has 2 aromatic heterocycles. The molecule has 0 amide bonds. The molecule has 5 nitrogen and oxygen atoms in total. The normalized spacial score (nSPS) is 16.9. The Morgan fingerprint density at radius 3 is 2.90 bits per heavy atom. The van der Waals surface area contributed by atoms with Crippen molar-refractivity contribution in [2.24, 2.45) is 5.41 Å². The molecule has 1 aliphatic rings. The van der Waals surface area contributed by atoms with Crippen LogP contribution in [-0.4, -0.2) is 27.0 Å². The highest BCUT2D eigenvalue weighted by Crippen LogP contribution is 2.43. The monoisotopic (exact) mass is 273 g/mol. The lowest BCUT2D eigenvalue weighted by molar-refractivity contribution is 0.0690. The van der Waals surface area contributed by atoms with E-state index in [9.17, 15) is 9.90 Å².